The van der Waals surface area contributed by atoms with Crippen LogP contribution >= 0.6 is 11.6 Å². The van der Waals surface area contributed by atoms with Crippen molar-refractivity contribution in [2.45, 2.75) is 51.3 Å². The summed E-state index contributed by atoms with van der Waals surface area (Å²) in [5.74, 6) is 1.36. The van der Waals surface area contributed by atoms with Gasteiger partial charge in [0.1, 0.15) is 0 Å². The van der Waals surface area contributed by atoms with Gasteiger partial charge in [0.25, 0.3) is 0 Å². The maximum Gasteiger partial charge on any atom is 0.0543 e. The van der Waals surface area contributed by atoms with Crippen LogP contribution in [0.3, 0.4) is 0 Å². The lowest BCUT2D eigenvalue weighted by molar-refractivity contribution is -0.0530. The van der Waals surface area contributed by atoms with Crippen LogP contribution in [0.5, 0.6) is 0 Å². The van der Waals surface area contributed by atoms with Crippen LogP contribution in [0.25, 0.3) is 0 Å². The SMILES string of the molecule is COCC(COC)(CC(C)C)C1CCC(Cl)CC1. The lowest BCUT2D eigenvalue weighted by Gasteiger charge is -2.43. The Morgan fingerprint density at radius 3 is 1.94 bits per heavy atom. The Morgan fingerprint density at radius 2 is 1.56 bits per heavy atom. The molecule has 0 radical (unpaired) electrons. The van der Waals surface area contributed by atoms with Gasteiger partial charge in [-0.2, -0.15) is 0 Å². The summed E-state index contributed by atoms with van der Waals surface area (Å²) < 4.78 is 11.1. The monoisotopic (exact) mass is 276 g/mol. The second kappa shape index (κ2) is 7.72. The molecule has 0 aromatic carbocycles. The third-order valence-electron chi connectivity index (χ3n) is 4.20. The molecular weight excluding hydrogens is 248 g/mol. The van der Waals surface area contributed by atoms with E-state index in [0.29, 0.717) is 17.2 Å². The third kappa shape index (κ3) is 4.40. The minimum atomic E-state index is 0.175. The highest BCUT2D eigenvalue weighted by Crippen LogP contribution is 2.44. The molecule has 1 saturated carbocycles. The van der Waals surface area contributed by atoms with Crippen LogP contribution in [0.1, 0.15) is 46.0 Å². The van der Waals surface area contributed by atoms with Gasteiger partial charge in [0.15, 0.2) is 0 Å². The summed E-state index contributed by atoms with van der Waals surface area (Å²) in [6.07, 6.45) is 5.88. The predicted octanol–water partition coefficient (Wildman–Crippen LogP) is 4.11. The van der Waals surface area contributed by atoms with E-state index in [-0.39, 0.29) is 5.41 Å². The Balaban J connectivity index is 2.78. The molecule has 0 aliphatic heterocycles. The quantitative estimate of drug-likeness (QED) is 0.652. The van der Waals surface area contributed by atoms with Gasteiger partial charge < -0.3 is 9.47 Å². The minimum Gasteiger partial charge on any atom is -0.384 e. The van der Waals surface area contributed by atoms with Gasteiger partial charge in [0.05, 0.1) is 13.2 Å². The summed E-state index contributed by atoms with van der Waals surface area (Å²) in [7, 11) is 3.61. The first-order chi connectivity index (χ1) is 8.54. The predicted molar refractivity (Wildman–Crippen MR) is 77.2 cm³/mol. The summed E-state index contributed by atoms with van der Waals surface area (Å²) in [6, 6.07) is 0. The molecule has 0 aromatic heterocycles. The van der Waals surface area contributed by atoms with E-state index in [1.54, 1.807) is 14.2 Å². The molecular formula is C15H29ClO2. The van der Waals surface area contributed by atoms with Gasteiger partial charge in [-0.25, -0.2) is 0 Å². The molecule has 1 aliphatic rings. The fraction of sp³-hybridized carbons (Fsp3) is 1.00. The van der Waals surface area contributed by atoms with Crippen molar-refractivity contribution in [3.8, 4) is 0 Å². The van der Waals surface area contributed by atoms with Crippen LogP contribution in [0.2, 0.25) is 0 Å². The molecule has 0 heterocycles. The van der Waals surface area contributed by atoms with Gasteiger partial charge in [-0.1, -0.05) is 13.8 Å². The maximum absolute atomic E-state index is 6.23. The van der Waals surface area contributed by atoms with Crippen molar-refractivity contribution < 1.29 is 9.47 Å². The fourth-order valence-corrected chi connectivity index (χ4v) is 3.87. The molecule has 3 heteroatoms. The van der Waals surface area contributed by atoms with Crippen LogP contribution < -0.4 is 0 Å². The Kier molecular flexibility index (Phi) is 6.97. The highest BCUT2D eigenvalue weighted by Gasteiger charge is 2.41. The van der Waals surface area contributed by atoms with Gasteiger partial charge >= 0.3 is 0 Å². The zero-order valence-electron chi connectivity index (χ0n) is 12.4. The molecule has 0 saturated heterocycles. The lowest BCUT2D eigenvalue weighted by Crippen LogP contribution is -2.42. The van der Waals surface area contributed by atoms with Crippen molar-refractivity contribution in [1.82, 2.24) is 0 Å². The van der Waals surface area contributed by atoms with E-state index in [0.717, 1.165) is 26.1 Å². The maximum atomic E-state index is 6.23. The van der Waals surface area contributed by atoms with E-state index in [1.807, 2.05) is 0 Å². The Bertz CT molecular complexity index is 217. The van der Waals surface area contributed by atoms with Crippen molar-refractivity contribution in [1.29, 1.82) is 0 Å². The molecule has 18 heavy (non-hydrogen) atoms. The minimum absolute atomic E-state index is 0.175. The molecule has 1 rings (SSSR count). The van der Waals surface area contributed by atoms with Gasteiger partial charge in [-0.15, -0.1) is 11.6 Å². The lowest BCUT2D eigenvalue weighted by atomic mass is 9.66. The van der Waals surface area contributed by atoms with Crippen LogP contribution in [0.4, 0.5) is 0 Å². The van der Waals surface area contributed by atoms with Crippen molar-refractivity contribution in [2.75, 3.05) is 27.4 Å². The van der Waals surface area contributed by atoms with E-state index >= 15 is 0 Å². The van der Waals surface area contributed by atoms with Crippen LogP contribution in [-0.2, 0) is 9.47 Å². The highest BCUT2D eigenvalue weighted by atomic mass is 35.5. The fourth-order valence-electron chi connectivity index (χ4n) is 3.61. The van der Waals surface area contributed by atoms with Crippen LogP contribution in [0, 0.1) is 17.3 Å². The zero-order valence-corrected chi connectivity index (χ0v) is 13.1. The Hall–Kier alpha value is 0.210. The van der Waals surface area contributed by atoms with E-state index in [4.69, 9.17) is 21.1 Å². The molecule has 0 atom stereocenters. The zero-order chi connectivity index (χ0) is 13.6. The Morgan fingerprint density at radius 1 is 1.06 bits per heavy atom. The molecule has 1 fully saturated rings. The second-order valence-corrected chi connectivity index (χ2v) is 6.89. The number of halogens is 1. The summed E-state index contributed by atoms with van der Waals surface area (Å²) in [5.41, 5.74) is 0.175. The molecule has 0 amide bonds. The molecule has 0 N–H and O–H groups in total. The molecule has 0 aromatic rings. The van der Waals surface area contributed by atoms with Crippen LogP contribution in [-0.4, -0.2) is 32.8 Å². The average molecular weight is 277 g/mol. The van der Waals surface area contributed by atoms with Gasteiger partial charge in [0, 0.05) is 25.0 Å². The van der Waals surface area contributed by atoms with Gasteiger partial charge in [-0.05, 0) is 43.9 Å². The number of methoxy groups -OCH3 is 2. The highest BCUT2D eigenvalue weighted by molar-refractivity contribution is 6.20. The molecule has 0 unspecified atom stereocenters. The van der Waals surface area contributed by atoms with Crippen molar-refractivity contribution >= 4 is 11.6 Å². The number of hydrogen-bond donors (Lipinski definition) is 0. The van der Waals surface area contributed by atoms with E-state index in [9.17, 15) is 0 Å². The Labute approximate surface area is 117 Å². The second-order valence-electron chi connectivity index (χ2n) is 6.28. The normalized spacial score (nSPS) is 25.7. The summed E-state index contributed by atoms with van der Waals surface area (Å²) in [4.78, 5) is 0. The van der Waals surface area contributed by atoms with Crippen molar-refractivity contribution in [3.63, 3.8) is 0 Å². The number of rotatable bonds is 7. The molecule has 2 nitrogen and oxygen atoms in total. The summed E-state index contributed by atoms with van der Waals surface area (Å²) in [6.45, 7) is 6.17. The summed E-state index contributed by atoms with van der Waals surface area (Å²) in [5, 5.41) is 0.378. The van der Waals surface area contributed by atoms with E-state index < -0.39 is 0 Å². The van der Waals surface area contributed by atoms with Gasteiger partial charge in [-0.3, -0.25) is 0 Å². The average Bonchev–Trinajstić information content (AvgIpc) is 2.29. The van der Waals surface area contributed by atoms with Gasteiger partial charge in [0.2, 0.25) is 0 Å². The number of alkyl halides is 1. The summed E-state index contributed by atoms with van der Waals surface area (Å²) >= 11 is 6.23. The molecule has 108 valence electrons. The number of ether oxygens (including phenoxy) is 2. The van der Waals surface area contributed by atoms with E-state index in [2.05, 4.69) is 13.8 Å². The van der Waals surface area contributed by atoms with E-state index in [1.165, 1.54) is 19.3 Å². The molecule has 1 aliphatic carbocycles. The first-order valence-corrected chi connectivity index (χ1v) is 7.59. The van der Waals surface area contributed by atoms with Crippen LogP contribution in [0.15, 0.2) is 0 Å². The van der Waals surface area contributed by atoms with Crippen molar-refractivity contribution in [3.05, 3.63) is 0 Å². The molecule has 0 spiro atoms. The first-order valence-electron chi connectivity index (χ1n) is 7.16. The topological polar surface area (TPSA) is 18.5 Å². The number of hydrogen-bond acceptors (Lipinski definition) is 2. The first kappa shape index (κ1) is 16.3. The van der Waals surface area contributed by atoms with Crippen molar-refractivity contribution in [2.24, 2.45) is 17.3 Å². The largest absolute Gasteiger partial charge is 0.384 e. The standard InChI is InChI=1S/C15H29ClO2/c1-12(2)9-15(10-17-3,11-18-4)13-5-7-14(16)8-6-13/h12-14H,5-11H2,1-4H3. The molecule has 0 bridgehead atoms. The third-order valence-corrected chi connectivity index (χ3v) is 4.64. The smallest absolute Gasteiger partial charge is 0.0543 e.